The van der Waals surface area contributed by atoms with Gasteiger partial charge in [0, 0.05) is 12.0 Å². The van der Waals surface area contributed by atoms with Gasteiger partial charge in [0.05, 0.1) is 0 Å². The molecule has 0 amide bonds. The highest BCUT2D eigenvalue weighted by Crippen LogP contribution is 2.33. The minimum atomic E-state index is -0.198. The number of ether oxygens (including phenoxy) is 1. The molecule has 0 spiro atoms. The van der Waals surface area contributed by atoms with Crippen LogP contribution < -0.4 is 4.74 Å². The summed E-state index contributed by atoms with van der Waals surface area (Å²) >= 11 is 0. The van der Waals surface area contributed by atoms with E-state index in [-0.39, 0.29) is 17.1 Å². The molecule has 1 aromatic rings. The monoisotopic (exact) mass is 430 g/mol. The minimum Gasteiger partial charge on any atom is -0.508 e. The maximum absolute atomic E-state index is 12.1. The van der Waals surface area contributed by atoms with E-state index in [2.05, 4.69) is 19.1 Å². The SMILES string of the molecule is CCCCCCCC/C=C\CCCCCCCC(=O)Oc1ccc(O)c(C(C)(C)C)c1. The van der Waals surface area contributed by atoms with Crippen LogP contribution in [0.25, 0.3) is 0 Å². The largest absolute Gasteiger partial charge is 0.508 e. The van der Waals surface area contributed by atoms with E-state index >= 15 is 0 Å². The van der Waals surface area contributed by atoms with Crippen LogP contribution in [0.15, 0.2) is 30.4 Å². The molecule has 1 rings (SSSR count). The zero-order valence-corrected chi connectivity index (χ0v) is 20.5. The maximum atomic E-state index is 12.1. The summed E-state index contributed by atoms with van der Waals surface area (Å²) in [6.45, 7) is 8.34. The third-order valence-corrected chi connectivity index (χ3v) is 5.65. The summed E-state index contributed by atoms with van der Waals surface area (Å²) in [7, 11) is 0. The summed E-state index contributed by atoms with van der Waals surface area (Å²) < 4.78 is 5.47. The fraction of sp³-hybridized carbons (Fsp3) is 0.679. The van der Waals surface area contributed by atoms with Crippen molar-refractivity contribution in [1.29, 1.82) is 0 Å². The topological polar surface area (TPSA) is 46.5 Å². The molecule has 3 nitrogen and oxygen atoms in total. The summed E-state index contributed by atoms with van der Waals surface area (Å²) in [6, 6.07) is 5.03. The molecule has 0 fully saturated rings. The van der Waals surface area contributed by atoms with Crippen LogP contribution in [0.3, 0.4) is 0 Å². The standard InChI is InChI=1S/C28H46O3/c1-5-6-7-8-9-10-11-12-13-14-15-16-17-18-19-20-27(30)31-24-21-22-26(29)25(23-24)28(2,3)4/h12-13,21-23,29H,5-11,14-20H2,1-4H3/b13-12-. The lowest BCUT2D eigenvalue weighted by molar-refractivity contribution is -0.134. The van der Waals surface area contributed by atoms with E-state index in [4.69, 9.17) is 4.74 Å². The van der Waals surface area contributed by atoms with Gasteiger partial charge in [-0.05, 0) is 55.7 Å². The number of carbonyl (C=O) groups is 1. The van der Waals surface area contributed by atoms with Gasteiger partial charge in [0.2, 0.25) is 0 Å². The van der Waals surface area contributed by atoms with Gasteiger partial charge in [-0.15, -0.1) is 0 Å². The number of benzene rings is 1. The van der Waals surface area contributed by atoms with Gasteiger partial charge >= 0.3 is 5.97 Å². The van der Waals surface area contributed by atoms with Crippen LogP contribution in [0.4, 0.5) is 0 Å². The highest BCUT2D eigenvalue weighted by molar-refractivity contribution is 5.72. The lowest BCUT2D eigenvalue weighted by Crippen LogP contribution is -2.13. The summed E-state index contributed by atoms with van der Waals surface area (Å²) in [5.74, 6) is 0.563. The maximum Gasteiger partial charge on any atom is 0.311 e. The Morgan fingerprint density at radius 1 is 0.871 bits per heavy atom. The van der Waals surface area contributed by atoms with E-state index in [9.17, 15) is 9.90 Å². The van der Waals surface area contributed by atoms with E-state index < -0.39 is 0 Å². The number of phenolic OH excluding ortho intramolecular Hbond substituents is 1. The van der Waals surface area contributed by atoms with E-state index in [0.717, 1.165) is 18.4 Å². The molecule has 176 valence electrons. The Morgan fingerprint density at radius 2 is 1.42 bits per heavy atom. The predicted molar refractivity (Wildman–Crippen MR) is 132 cm³/mol. The number of hydrogen-bond donors (Lipinski definition) is 1. The van der Waals surface area contributed by atoms with E-state index in [1.54, 1.807) is 18.2 Å². The first-order valence-corrected chi connectivity index (χ1v) is 12.5. The van der Waals surface area contributed by atoms with Gasteiger partial charge in [-0.3, -0.25) is 4.79 Å². The van der Waals surface area contributed by atoms with Crippen molar-refractivity contribution < 1.29 is 14.6 Å². The van der Waals surface area contributed by atoms with E-state index in [1.165, 1.54) is 70.6 Å². The van der Waals surface area contributed by atoms with Gasteiger partial charge in [-0.1, -0.05) is 91.2 Å². The van der Waals surface area contributed by atoms with Crippen molar-refractivity contribution in [3.63, 3.8) is 0 Å². The molecule has 0 heterocycles. The second kappa shape index (κ2) is 15.9. The van der Waals surface area contributed by atoms with Gasteiger partial charge in [-0.25, -0.2) is 0 Å². The normalized spacial score (nSPS) is 11.9. The zero-order valence-electron chi connectivity index (χ0n) is 20.5. The molecule has 31 heavy (non-hydrogen) atoms. The number of rotatable bonds is 16. The molecule has 0 atom stereocenters. The van der Waals surface area contributed by atoms with Gasteiger partial charge in [0.15, 0.2) is 0 Å². The highest BCUT2D eigenvalue weighted by Gasteiger charge is 2.19. The second-order valence-corrected chi connectivity index (χ2v) is 9.74. The lowest BCUT2D eigenvalue weighted by atomic mass is 9.86. The predicted octanol–water partition coefficient (Wildman–Crippen LogP) is 8.63. The van der Waals surface area contributed by atoms with Gasteiger partial charge in [-0.2, -0.15) is 0 Å². The van der Waals surface area contributed by atoms with Crippen LogP contribution in [-0.4, -0.2) is 11.1 Å². The number of phenols is 1. The summed E-state index contributed by atoms with van der Waals surface area (Å²) in [5.41, 5.74) is 0.592. The Balaban J connectivity index is 2.05. The Morgan fingerprint density at radius 3 is 2.00 bits per heavy atom. The Hall–Kier alpha value is -1.77. The lowest BCUT2D eigenvalue weighted by Gasteiger charge is -2.21. The van der Waals surface area contributed by atoms with Crippen LogP contribution in [-0.2, 0) is 10.2 Å². The number of esters is 1. The number of allylic oxidation sites excluding steroid dienone is 2. The molecule has 1 N–H and O–H groups in total. The van der Waals surface area contributed by atoms with E-state index in [0.29, 0.717) is 12.2 Å². The fourth-order valence-electron chi connectivity index (χ4n) is 3.70. The Labute approximate surface area is 191 Å². The Bertz CT molecular complexity index is 640. The first-order chi connectivity index (χ1) is 14.8. The van der Waals surface area contributed by atoms with Crippen molar-refractivity contribution in [3.8, 4) is 11.5 Å². The molecule has 0 aliphatic rings. The molecular weight excluding hydrogens is 384 g/mol. The number of carbonyl (C=O) groups excluding carboxylic acids is 1. The molecule has 0 aliphatic heterocycles. The second-order valence-electron chi connectivity index (χ2n) is 9.74. The quantitative estimate of drug-likeness (QED) is 0.123. The van der Waals surface area contributed by atoms with Crippen LogP contribution in [0, 0.1) is 0 Å². The van der Waals surface area contributed by atoms with Gasteiger partial charge in [0.1, 0.15) is 11.5 Å². The molecule has 3 heteroatoms. The fourth-order valence-corrected chi connectivity index (χ4v) is 3.70. The minimum absolute atomic E-state index is 0.192. The first kappa shape index (κ1) is 27.3. The number of unbranched alkanes of at least 4 members (excludes halogenated alkanes) is 11. The Kier molecular flexibility index (Phi) is 14.0. The average Bonchev–Trinajstić information content (AvgIpc) is 2.71. The molecule has 0 aliphatic carbocycles. The molecular formula is C28H46O3. The van der Waals surface area contributed by atoms with Crippen molar-refractivity contribution >= 4 is 5.97 Å². The molecule has 1 aromatic carbocycles. The van der Waals surface area contributed by atoms with Crippen LogP contribution in [0.5, 0.6) is 11.5 Å². The molecule has 0 bridgehead atoms. The molecule has 0 saturated heterocycles. The van der Waals surface area contributed by atoms with Crippen molar-refractivity contribution in [2.45, 2.75) is 123 Å². The van der Waals surface area contributed by atoms with Crippen LogP contribution in [0.1, 0.15) is 123 Å². The summed E-state index contributed by atoms with van der Waals surface area (Å²) in [5, 5.41) is 10.0. The number of aromatic hydroxyl groups is 1. The molecule has 0 saturated carbocycles. The number of hydrogen-bond acceptors (Lipinski definition) is 3. The molecule has 0 unspecified atom stereocenters. The van der Waals surface area contributed by atoms with Crippen LogP contribution in [0.2, 0.25) is 0 Å². The van der Waals surface area contributed by atoms with Crippen molar-refractivity contribution in [3.05, 3.63) is 35.9 Å². The third kappa shape index (κ3) is 13.3. The first-order valence-electron chi connectivity index (χ1n) is 12.5. The van der Waals surface area contributed by atoms with E-state index in [1.807, 2.05) is 20.8 Å². The van der Waals surface area contributed by atoms with Gasteiger partial charge in [0.25, 0.3) is 0 Å². The van der Waals surface area contributed by atoms with Crippen molar-refractivity contribution in [2.75, 3.05) is 0 Å². The zero-order chi connectivity index (χ0) is 23.0. The molecule has 0 radical (unpaired) electrons. The third-order valence-electron chi connectivity index (χ3n) is 5.65. The van der Waals surface area contributed by atoms with Gasteiger partial charge < -0.3 is 9.84 Å². The van der Waals surface area contributed by atoms with Crippen LogP contribution >= 0.6 is 0 Å². The van der Waals surface area contributed by atoms with Crippen molar-refractivity contribution in [2.24, 2.45) is 0 Å². The summed E-state index contributed by atoms with van der Waals surface area (Å²) in [6.07, 6.45) is 21.3. The average molecular weight is 431 g/mol. The molecule has 0 aromatic heterocycles. The highest BCUT2D eigenvalue weighted by atomic mass is 16.5. The smallest absolute Gasteiger partial charge is 0.311 e. The summed E-state index contributed by atoms with van der Waals surface area (Å²) in [4.78, 5) is 12.1. The van der Waals surface area contributed by atoms with Crippen molar-refractivity contribution in [1.82, 2.24) is 0 Å².